The van der Waals surface area contributed by atoms with E-state index in [4.69, 9.17) is 0 Å². The molecule has 0 aromatic carbocycles. The lowest BCUT2D eigenvalue weighted by molar-refractivity contribution is -0.134. The minimum absolute atomic E-state index is 0.00704. The quantitative estimate of drug-likeness (QED) is 0.680. The third-order valence-electron chi connectivity index (χ3n) is 10.8. The fourth-order valence-corrected chi connectivity index (χ4v) is 9.23. The predicted molar refractivity (Wildman–Crippen MR) is 123 cm³/mol. The molecule has 1 N–H and O–H groups in total. The molecule has 0 radical (unpaired) electrons. The first kappa shape index (κ1) is 22.2. The summed E-state index contributed by atoms with van der Waals surface area (Å²) in [6.45, 7) is 4.23. The largest absolute Gasteiger partial charge is 0.390 e. The second-order valence-corrected chi connectivity index (χ2v) is 12.9. The molecule has 5 aliphatic rings. The van der Waals surface area contributed by atoms with E-state index in [1.54, 1.807) is 4.80 Å². The van der Waals surface area contributed by atoms with E-state index in [1.165, 1.54) is 12.8 Å². The van der Waals surface area contributed by atoms with E-state index < -0.39 is 5.60 Å². The highest BCUT2D eigenvalue weighted by molar-refractivity contribution is 5.82. The normalized spacial score (nSPS) is 47.0. The lowest BCUT2D eigenvalue weighted by Gasteiger charge is -2.57. The van der Waals surface area contributed by atoms with Gasteiger partial charge in [0, 0.05) is 11.8 Å². The van der Waals surface area contributed by atoms with Crippen molar-refractivity contribution in [2.24, 2.45) is 46.8 Å². The number of nitrogens with zero attached hydrogens (tertiary/aromatic N) is 3. The second-order valence-electron chi connectivity index (χ2n) is 12.9. The molecule has 0 spiro atoms. The van der Waals surface area contributed by atoms with E-state index in [-0.39, 0.29) is 36.3 Å². The average Bonchev–Trinajstić information content (AvgIpc) is 3.44. The minimum Gasteiger partial charge on any atom is -0.390 e. The second kappa shape index (κ2) is 7.86. The Morgan fingerprint density at radius 2 is 1.91 bits per heavy atom. The van der Waals surface area contributed by atoms with Crippen LogP contribution in [0.2, 0.25) is 0 Å². The van der Waals surface area contributed by atoms with Crippen LogP contribution in [0.4, 0.5) is 4.39 Å². The Labute approximate surface area is 196 Å². The summed E-state index contributed by atoms with van der Waals surface area (Å²) in [5, 5.41) is 19.6. The number of aromatic nitrogens is 3. The molecular weight excluding hydrogens is 417 g/mol. The summed E-state index contributed by atoms with van der Waals surface area (Å²) >= 11 is 0. The van der Waals surface area contributed by atoms with Crippen molar-refractivity contribution in [3.8, 4) is 0 Å². The number of carbonyl (C=O) groups is 1. The molecule has 0 unspecified atom stereocenters. The van der Waals surface area contributed by atoms with Crippen LogP contribution in [-0.4, -0.2) is 38.2 Å². The summed E-state index contributed by atoms with van der Waals surface area (Å²) < 4.78 is 14.4. The fourth-order valence-electron chi connectivity index (χ4n) is 9.23. The highest BCUT2D eigenvalue weighted by Crippen LogP contribution is 2.66. The van der Waals surface area contributed by atoms with Gasteiger partial charge in [0.25, 0.3) is 0 Å². The molecule has 9 atom stereocenters. The van der Waals surface area contributed by atoms with E-state index >= 15 is 0 Å². The van der Waals surface area contributed by atoms with Crippen molar-refractivity contribution in [3.05, 3.63) is 11.9 Å². The number of fused-ring (bicyclic) bond motifs is 5. The maximum Gasteiger partial charge on any atom is 0.159 e. The number of rotatable bonds is 5. The summed E-state index contributed by atoms with van der Waals surface area (Å²) in [6, 6.07) is 0. The van der Waals surface area contributed by atoms with Crippen molar-refractivity contribution in [1.82, 2.24) is 15.0 Å². The number of aliphatic hydroxyl groups is 1. The first-order valence-electron chi connectivity index (χ1n) is 13.5. The van der Waals surface area contributed by atoms with Crippen LogP contribution < -0.4 is 0 Å². The molecule has 182 valence electrons. The van der Waals surface area contributed by atoms with Crippen LogP contribution in [0.15, 0.2) is 6.20 Å². The molecule has 5 saturated carbocycles. The van der Waals surface area contributed by atoms with Gasteiger partial charge in [-0.25, -0.2) is 0 Å². The number of alkyl halides is 1. The predicted octanol–water partition coefficient (Wildman–Crippen LogP) is 4.94. The Kier molecular flexibility index (Phi) is 5.28. The van der Waals surface area contributed by atoms with Crippen LogP contribution >= 0.6 is 0 Å². The molecule has 0 bridgehead atoms. The topological polar surface area (TPSA) is 68.0 Å². The summed E-state index contributed by atoms with van der Waals surface area (Å²) in [7, 11) is 0. The van der Waals surface area contributed by atoms with Crippen molar-refractivity contribution in [2.75, 3.05) is 6.67 Å². The van der Waals surface area contributed by atoms with Gasteiger partial charge in [-0.3, -0.25) is 9.18 Å². The minimum atomic E-state index is -0.510. The maximum atomic E-state index is 14.4. The van der Waals surface area contributed by atoms with Gasteiger partial charge in [0.2, 0.25) is 0 Å². The molecule has 5 nitrogen and oxygen atoms in total. The number of hydrogen-bond acceptors (Lipinski definition) is 4. The van der Waals surface area contributed by atoms with E-state index in [1.807, 2.05) is 13.1 Å². The van der Waals surface area contributed by atoms with Crippen LogP contribution in [0, 0.1) is 46.8 Å². The van der Waals surface area contributed by atoms with Crippen LogP contribution in [-0.2, 0) is 11.3 Å². The summed E-state index contributed by atoms with van der Waals surface area (Å²) in [5.41, 5.74) is 0.404. The third kappa shape index (κ3) is 3.70. The van der Waals surface area contributed by atoms with Gasteiger partial charge in [0.1, 0.15) is 6.54 Å². The van der Waals surface area contributed by atoms with Crippen LogP contribution in [0.1, 0.15) is 89.7 Å². The number of Topliss-reactive ketones (excluding diaryl/α,β-unsaturated/α-hetero) is 1. The molecule has 5 aliphatic carbocycles. The lowest BCUT2D eigenvalue weighted by atomic mass is 9.48. The van der Waals surface area contributed by atoms with Gasteiger partial charge < -0.3 is 5.11 Å². The third-order valence-corrected chi connectivity index (χ3v) is 10.8. The summed E-state index contributed by atoms with van der Waals surface area (Å²) in [6.07, 6.45) is 12.3. The van der Waals surface area contributed by atoms with Gasteiger partial charge >= 0.3 is 0 Å². The maximum absolute atomic E-state index is 14.4. The first-order chi connectivity index (χ1) is 15.8. The van der Waals surface area contributed by atoms with Crippen molar-refractivity contribution in [1.29, 1.82) is 0 Å². The molecule has 6 rings (SSSR count). The standard InChI is InChI=1S/C27H40FN3O2/c1-26(33)9-7-19-17(12-26)5-6-21-20(19)8-10-27(2)22(11-18(13-28)25(21)27)24(32)15-31-29-14-23(30-31)16-3-4-16/h14,16-22,25,33H,3-13,15H2,1-2H3/t17-,18+,19+,20-,21-,22-,25+,26-,27-/m1/s1. The molecule has 0 amide bonds. The van der Waals surface area contributed by atoms with Crippen molar-refractivity contribution < 1.29 is 14.3 Å². The Balaban J connectivity index is 1.21. The molecule has 5 fully saturated rings. The SMILES string of the molecule is C[C@@]1(O)CC[C@H]2[C@H](CC[C@@H]3[C@@H]2CC[C@@]2(C)[C@H]3[C@H](CF)C[C@@H]2C(=O)Cn2ncc(C3CC3)n2)C1. The molecule has 6 heteroatoms. The van der Waals surface area contributed by atoms with Crippen molar-refractivity contribution in [3.63, 3.8) is 0 Å². The monoisotopic (exact) mass is 457 g/mol. The summed E-state index contributed by atoms with van der Waals surface area (Å²) in [5.74, 6) is 3.46. The zero-order chi connectivity index (χ0) is 23.0. The van der Waals surface area contributed by atoms with Crippen LogP contribution in [0.25, 0.3) is 0 Å². The molecule has 0 saturated heterocycles. The van der Waals surface area contributed by atoms with E-state index in [2.05, 4.69) is 17.1 Å². The Morgan fingerprint density at radius 1 is 1.12 bits per heavy atom. The van der Waals surface area contributed by atoms with Crippen LogP contribution in [0.3, 0.4) is 0 Å². The fraction of sp³-hybridized carbons (Fsp3) is 0.889. The van der Waals surface area contributed by atoms with Crippen molar-refractivity contribution >= 4 is 5.78 Å². The number of hydrogen-bond donors (Lipinski definition) is 1. The zero-order valence-corrected chi connectivity index (χ0v) is 20.3. The van der Waals surface area contributed by atoms with E-state index in [9.17, 15) is 14.3 Å². The van der Waals surface area contributed by atoms with E-state index in [0.717, 1.165) is 50.6 Å². The lowest BCUT2D eigenvalue weighted by Crippen LogP contribution is -2.52. The van der Waals surface area contributed by atoms with Crippen molar-refractivity contribution in [2.45, 2.75) is 96.1 Å². The highest BCUT2D eigenvalue weighted by Gasteiger charge is 2.62. The van der Waals surface area contributed by atoms with Gasteiger partial charge in [-0.1, -0.05) is 6.92 Å². The Bertz CT molecular complexity index is 911. The number of carbonyl (C=O) groups excluding carboxylic acids is 1. The Morgan fingerprint density at radius 3 is 2.67 bits per heavy atom. The van der Waals surface area contributed by atoms with Gasteiger partial charge in [0.15, 0.2) is 5.78 Å². The molecule has 1 heterocycles. The Hall–Kier alpha value is -1.30. The number of ketones is 1. The molecule has 0 aliphatic heterocycles. The van der Waals surface area contributed by atoms with Gasteiger partial charge in [-0.2, -0.15) is 15.0 Å². The molecule has 1 aromatic rings. The molecule has 33 heavy (non-hydrogen) atoms. The van der Waals surface area contributed by atoms with E-state index in [0.29, 0.717) is 41.9 Å². The smallest absolute Gasteiger partial charge is 0.159 e. The number of halogens is 1. The van der Waals surface area contributed by atoms with Crippen LogP contribution in [0.5, 0.6) is 0 Å². The zero-order valence-electron chi connectivity index (χ0n) is 20.3. The van der Waals surface area contributed by atoms with Gasteiger partial charge in [0.05, 0.1) is 24.2 Å². The van der Waals surface area contributed by atoms with Gasteiger partial charge in [-0.15, -0.1) is 0 Å². The molecular formula is C27H40FN3O2. The summed E-state index contributed by atoms with van der Waals surface area (Å²) in [4.78, 5) is 15.1. The average molecular weight is 458 g/mol. The highest BCUT2D eigenvalue weighted by atomic mass is 19.1. The van der Waals surface area contributed by atoms with Gasteiger partial charge in [-0.05, 0) is 112 Å². The first-order valence-corrected chi connectivity index (χ1v) is 13.5. The molecule has 1 aromatic heterocycles.